The monoisotopic (exact) mass is 312 g/mol. The van der Waals surface area contributed by atoms with Gasteiger partial charge >= 0.3 is 0 Å². The molecule has 0 unspecified atom stereocenters. The van der Waals surface area contributed by atoms with Gasteiger partial charge in [0.1, 0.15) is 5.75 Å². The summed E-state index contributed by atoms with van der Waals surface area (Å²) >= 11 is 3.51. The van der Waals surface area contributed by atoms with Crippen LogP contribution in [0.4, 0.5) is 0 Å². The lowest BCUT2D eigenvalue weighted by atomic mass is 9.99. The molecule has 3 aromatic rings. The number of thiophene rings is 1. The summed E-state index contributed by atoms with van der Waals surface area (Å²) in [5.74, 6) is 0.889. The van der Waals surface area contributed by atoms with Gasteiger partial charge in [0, 0.05) is 16.0 Å². The summed E-state index contributed by atoms with van der Waals surface area (Å²) < 4.78 is 5.23. The fourth-order valence-corrected chi connectivity index (χ4v) is 3.56. The molecular formula is C18H16OS2. The summed E-state index contributed by atoms with van der Waals surface area (Å²) in [6, 6.07) is 17.0. The van der Waals surface area contributed by atoms with Crippen molar-refractivity contribution in [2.45, 2.75) is 4.90 Å². The van der Waals surface area contributed by atoms with E-state index in [1.165, 1.54) is 27.1 Å². The van der Waals surface area contributed by atoms with Crippen molar-refractivity contribution in [1.29, 1.82) is 0 Å². The van der Waals surface area contributed by atoms with Crippen LogP contribution in [0.1, 0.15) is 0 Å². The van der Waals surface area contributed by atoms with E-state index in [1.807, 2.05) is 12.1 Å². The van der Waals surface area contributed by atoms with Crippen LogP contribution in [0.15, 0.2) is 64.2 Å². The molecule has 0 aliphatic rings. The Bertz CT molecular complexity index is 650. The van der Waals surface area contributed by atoms with Gasteiger partial charge in [-0.3, -0.25) is 0 Å². The third-order valence-corrected chi connectivity index (χ3v) is 4.95. The molecule has 1 aromatic heterocycles. The molecule has 0 N–H and O–H groups in total. The molecule has 1 heterocycles. The van der Waals surface area contributed by atoms with Gasteiger partial charge in [0.15, 0.2) is 0 Å². The first kappa shape index (κ1) is 14.2. The molecule has 0 spiro atoms. The number of rotatable bonds is 4. The maximum atomic E-state index is 5.23. The van der Waals surface area contributed by atoms with Gasteiger partial charge < -0.3 is 4.74 Å². The Morgan fingerprint density at radius 3 is 1.81 bits per heavy atom. The molecule has 1 nitrogen and oxygen atoms in total. The summed E-state index contributed by atoms with van der Waals surface area (Å²) in [7, 11) is 1.69. The van der Waals surface area contributed by atoms with Crippen LogP contribution in [0.25, 0.3) is 22.3 Å². The van der Waals surface area contributed by atoms with E-state index in [2.05, 4.69) is 53.4 Å². The predicted octanol–water partition coefficient (Wildman–Crippen LogP) is 5.81. The van der Waals surface area contributed by atoms with E-state index in [0.717, 1.165) is 5.75 Å². The maximum Gasteiger partial charge on any atom is 0.118 e. The van der Waals surface area contributed by atoms with E-state index >= 15 is 0 Å². The molecule has 0 aliphatic carbocycles. The van der Waals surface area contributed by atoms with Gasteiger partial charge in [-0.05, 0) is 52.4 Å². The Morgan fingerprint density at radius 1 is 0.810 bits per heavy atom. The van der Waals surface area contributed by atoms with Gasteiger partial charge in [0.2, 0.25) is 0 Å². The molecule has 0 radical (unpaired) electrons. The van der Waals surface area contributed by atoms with Gasteiger partial charge in [0.25, 0.3) is 0 Å². The van der Waals surface area contributed by atoms with E-state index in [0.29, 0.717) is 0 Å². The third kappa shape index (κ3) is 2.99. The first-order valence-corrected chi connectivity index (χ1v) is 8.83. The van der Waals surface area contributed by atoms with Crippen LogP contribution in [0.3, 0.4) is 0 Å². The van der Waals surface area contributed by atoms with Gasteiger partial charge in [-0.2, -0.15) is 11.3 Å². The topological polar surface area (TPSA) is 9.23 Å². The Hall–Kier alpha value is -1.71. The molecular weight excluding hydrogens is 296 g/mol. The van der Waals surface area contributed by atoms with Gasteiger partial charge in [-0.15, -0.1) is 11.8 Å². The number of ether oxygens (including phenoxy) is 1. The Kier molecular flexibility index (Phi) is 4.32. The van der Waals surface area contributed by atoms with E-state index in [-0.39, 0.29) is 0 Å². The number of methoxy groups -OCH3 is 1. The normalized spacial score (nSPS) is 10.6. The lowest BCUT2D eigenvalue weighted by molar-refractivity contribution is 0.415. The van der Waals surface area contributed by atoms with Crippen LogP contribution in [0, 0.1) is 0 Å². The highest BCUT2D eigenvalue weighted by molar-refractivity contribution is 7.98. The quantitative estimate of drug-likeness (QED) is 0.562. The highest BCUT2D eigenvalue weighted by Gasteiger charge is 2.09. The van der Waals surface area contributed by atoms with Crippen LogP contribution in [0.5, 0.6) is 5.75 Å². The lowest BCUT2D eigenvalue weighted by Gasteiger charge is -2.07. The third-order valence-electron chi connectivity index (χ3n) is 3.46. The van der Waals surface area contributed by atoms with Gasteiger partial charge in [0.05, 0.1) is 7.11 Å². The van der Waals surface area contributed by atoms with Crippen molar-refractivity contribution in [3.05, 3.63) is 59.3 Å². The van der Waals surface area contributed by atoms with E-state index in [9.17, 15) is 0 Å². The fourth-order valence-electron chi connectivity index (χ4n) is 2.29. The minimum Gasteiger partial charge on any atom is -0.497 e. The van der Waals surface area contributed by atoms with Crippen LogP contribution < -0.4 is 4.74 Å². The van der Waals surface area contributed by atoms with Crippen LogP contribution in [0.2, 0.25) is 0 Å². The number of benzene rings is 2. The molecule has 0 bridgehead atoms. The van der Waals surface area contributed by atoms with Gasteiger partial charge in [-0.1, -0.05) is 24.3 Å². The molecule has 0 amide bonds. The standard InChI is InChI=1S/C18H16OS2/c1-19-15-7-3-13(4-8-15)17-11-21-12-18(17)14-5-9-16(20-2)10-6-14/h3-12H,1-2H3. The molecule has 0 saturated carbocycles. The van der Waals surface area contributed by atoms with Crippen molar-refractivity contribution in [2.24, 2.45) is 0 Å². The molecule has 0 saturated heterocycles. The molecule has 0 fully saturated rings. The predicted molar refractivity (Wildman–Crippen MR) is 93.5 cm³/mol. The Morgan fingerprint density at radius 2 is 1.33 bits per heavy atom. The molecule has 0 atom stereocenters. The summed E-state index contributed by atoms with van der Waals surface area (Å²) in [5.41, 5.74) is 5.05. The number of thioether (sulfide) groups is 1. The van der Waals surface area contributed by atoms with Gasteiger partial charge in [-0.25, -0.2) is 0 Å². The average molecular weight is 312 g/mol. The van der Waals surface area contributed by atoms with Crippen molar-refractivity contribution in [1.82, 2.24) is 0 Å². The second kappa shape index (κ2) is 6.37. The molecule has 106 valence electrons. The van der Waals surface area contributed by atoms with Crippen LogP contribution >= 0.6 is 23.1 Å². The summed E-state index contributed by atoms with van der Waals surface area (Å²) in [4.78, 5) is 1.29. The van der Waals surface area contributed by atoms with Crippen molar-refractivity contribution in [3.63, 3.8) is 0 Å². The zero-order chi connectivity index (χ0) is 14.7. The van der Waals surface area contributed by atoms with Crippen LogP contribution in [-0.4, -0.2) is 13.4 Å². The highest BCUT2D eigenvalue weighted by Crippen LogP contribution is 2.36. The number of hydrogen-bond acceptors (Lipinski definition) is 3. The smallest absolute Gasteiger partial charge is 0.118 e. The maximum absolute atomic E-state index is 5.23. The molecule has 3 rings (SSSR count). The van der Waals surface area contributed by atoms with Crippen molar-refractivity contribution < 1.29 is 4.74 Å². The van der Waals surface area contributed by atoms with Crippen LogP contribution in [-0.2, 0) is 0 Å². The minimum absolute atomic E-state index is 0.889. The molecule has 3 heteroatoms. The highest BCUT2D eigenvalue weighted by atomic mass is 32.2. The zero-order valence-corrected chi connectivity index (χ0v) is 13.6. The summed E-state index contributed by atoms with van der Waals surface area (Å²) in [6.07, 6.45) is 2.10. The van der Waals surface area contributed by atoms with Crippen molar-refractivity contribution >= 4 is 23.1 Å². The SMILES string of the molecule is COc1ccc(-c2cscc2-c2ccc(SC)cc2)cc1. The zero-order valence-electron chi connectivity index (χ0n) is 12.0. The first-order chi connectivity index (χ1) is 10.3. The second-order valence-electron chi connectivity index (χ2n) is 4.66. The molecule has 0 aliphatic heterocycles. The Balaban J connectivity index is 1.99. The fraction of sp³-hybridized carbons (Fsp3) is 0.111. The number of hydrogen-bond donors (Lipinski definition) is 0. The first-order valence-electron chi connectivity index (χ1n) is 6.67. The summed E-state index contributed by atoms with van der Waals surface area (Å²) in [6.45, 7) is 0. The molecule has 21 heavy (non-hydrogen) atoms. The van der Waals surface area contributed by atoms with E-state index < -0.39 is 0 Å². The largest absolute Gasteiger partial charge is 0.497 e. The van der Waals surface area contributed by atoms with E-state index in [4.69, 9.17) is 4.74 Å². The second-order valence-corrected chi connectivity index (χ2v) is 6.28. The summed E-state index contributed by atoms with van der Waals surface area (Å²) in [5, 5.41) is 4.42. The average Bonchev–Trinajstić information content (AvgIpc) is 3.04. The minimum atomic E-state index is 0.889. The van der Waals surface area contributed by atoms with Crippen molar-refractivity contribution in [3.8, 4) is 28.0 Å². The lowest BCUT2D eigenvalue weighted by Crippen LogP contribution is -1.83. The van der Waals surface area contributed by atoms with E-state index in [1.54, 1.807) is 30.2 Å². The Labute approximate surface area is 133 Å². The van der Waals surface area contributed by atoms with Crippen molar-refractivity contribution in [2.75, 3.05) is 13.4 Å². The molecule has 2 aromatic carbocycles.